The number of hydrogen-bond donors (Lipinski definition) is 2. The van der Waals surface area contributed by atoms with E-state index >= 15 is 0 Å². The molecule has 0 spiro atoms. The first kappa shape index (κ1) is 26.0. The quantitative estimate of drug-likeness (QED) is 0.446. The lowest BCUT2D eigenvalue weighted by molar-refractivity contribution is -0.118. The average Bonchev–Trinajstić information content (AvgIpc) is 3.25. The Morgan fingerprint density at radius 1 is 1.03 bits per heavy atom. The maximum Gasteiger partial charge on any atom is 0.244 e. The van der Waals surface area contributed by atoms with Crippen molar-refractivity contribution in [3.8, 4) is 10.6 Å². The molecule has 1 heterocycles. The smallest absolute Gasteiger partial charge is 0.244 e. The summed E-state index contributed by atoms with van der Waals surface area (Å²) in [6.45, 7) is 12.0. The Bertz CT molecular complexity index is 1230. The van der Waals surface area contributed by atoms with Gasteiger partial charge in [-0.25, -0.2) is 8.42 Å². The summed E-state index contributed by atoms with van der Waals surface area (Å²) in [7, 11) is -3.90. The SMILES string of the molecule is CC[C@H](C)[C@@H](NS(=O)(=O)c1ccc(C(C)(C)C)cc1)C(=O)Nc1nnc(-c2ccc(C)cc2)s1. The highest BCUT2D eigenvalue weighted by Gasteiger charge is 2.30. The third-order valence-corrected chi connectivity index (χ3v) is 8.11. The fourth-order valence-electron chi connectivity index (χ4n) is 3.30. The Morgan fingerprint density at radius 2 is 1.65 bits per heavy atom. The molecule has 2 aromatic carbocycles. The summed E-state index contributed by atoms with van der Waals surface area (Å²) in [6, 6.07) is 13.7. The lowest BCUT2D eigenvalue weighted by Crippen LogP contribution is -2.47. The van der Waals surface area contributed by atoms with E-state index in [1.165, 1.54) is 11.3 Å². The minimum atomic E-state index is -3.90. The maximum absolute atomic E-state index is 13.1. The van der Waals surface area contributed by atoms with Crippen LogP contribution in [0.2, 0.25) is 0 Å². The van der Waals surface area contributed by atoms with Crippen LogP contribution in [0.25, 0.3) is 10.6 Å². The Morgan fingerprint density at radius 3 is 2.21 bits per heavy atom. The number of rotatable bonds is 8. The van der Waals surface area contributed by atoms with Gasteiger partial charge in [0.2, 0.25) is 21.1 Å². The van der Waals surface area contributed by atoms with Gasteiger partial charge in [0.15, 0.2) is 0 Å². The minimum absolute atomic E-state index is 0.0892. The van der Waals surface area contributed by atoms with Gasteiger partial charge in [0.05, 0.1) is 4.90 Å². The number of carbonyl (C=O) groups is 1. The molecule has 3 aromatic rings. The molecule has 9 heteroatoms. The lowest BCUT2D eigenvalue weighted by atomic mass is 9.87. The lowest BCUT2D eigenvalue weighted by Gasteiger charge is -2.23. The van der Waals surface area contributed by atoms with Gasteiger partial charge in [0, 0.05) is 5.56 Å². The van der Waals surface area contributed by atoms with E-state index in [1.54, 1.807) is 24.3 Å². The molecule has 2 atom stereocenters. The molecule has 1 aromatic heterocycles. The van der Waals surface area contributed by atoms with E-state index in [4.69, 9.17) is 0 Å². The van der Waals surface area contributed by atoms with Gasteiger partial charge >= 0.3 is 0 Å². The van der Waals surface area contributed by atoms with E-state index in [2.05, 4.69) is 41.0 Å². The average molecular weight is 501 g/mol. The highest BCUT2D eigenvalue weighted by molar-refractivity contribution is 7.89. The van der Waals surface area contributed by atoms with E-state index < -0.39 is 22.0 Å². The van der Waals surface area contributed by atoms with Gasteiger partial charge in [-0.2, -0.15) is 4.72 Å². The highest BCUT2D eigenvalue weighted by atomic mass is 32.2. The first-order valence-electron chi connectivity index (χ1n) is 11.2. The fourth-order valence-corrected chi connectivity index (χ4v) is 5.36. The van der Waals surface area contributed by atoms with Crippen molar-refractivity contribution in [2.75, 3.05) is 5.32 Å². The summed E-state index contributed by atoms with van der Waals surface area (Å²) in [6.07, 6.45) is 0.619. The molecule has 7 nitrogen and oxygen atoms in total. The van der Waals surface area contributed by atoms with Crippen LogP contribution in [0.1, 0.15) is 52.2 Å². The van der Waals surface area contributed by atoms with Crippen LogP contribution in [0.3, 0.4) is 0 Å². The standard InChI is InChI=1S/C25H32N4O3S2/c1-7-17(3)21(29-34(31,32)20-14-12-19(13-15-20)25(4,5)6)22(30)26-24-28-27-23(33-24)18-10-8-16(2)9-11-18/h8-15,17,21,29H,7H2,1-6H3,(H,26,28,30)/t17-,21+/m0/s1. The van der Waals surface area contributed by atoms with E-state index in [0.717, 1.165) is 16.7 Å². The third-order valence-electron chi connectivity index (χ3n) is 5.76. The number of aryl methyl sites for hydroxylation is 1. The predicted octanol–water partition coefficient (Wildman–Crippen LogP) is 5.14. The summed E-state index contributed by atoms with van der Waals surface area (Å²) < 4.78 is 28.8. The van der Waals surface area contributed by atoms with Crippen LogP contribution < -0.4 is 10.0 Å². The summed E-state index contributed by atoms with van der Waals surface area (Å²) in [4.78, 5) is 13.2. The van der Waals surface area contributed by atoms with Crippen LogP contribution >= 0.6 is 11.3 Å². The molecule has 0 aliphatic rings. The van der Waals surface area contributed by atoms with Crippen LogP contribution in [-0.2, 0) is 20.2 Å². The Kier molecular flexibility index (Phi) is 7.90. The zero-order valence-electron chi connectivity index (χ0n) is 20.4. The minimum Gasteiger partial charge on any atom is -0.299 e. The molecule has 0 aliphatic heterocycles. The van der Waals surface area contributed by atoms with Gasteiger partial charge in [-0.15, -0.1) is 10.2 Å². The molecular formula is C25H32N4O3S2. The fraction of sp³-hybridized carbons (Fsp3) is 0.400. The first-order valence-corrected chi connectivity index (χ1v) is 13.5. The first-order chi connectivity index (χ1) is 15.9. The second-order valence-corrected chi connectivity index (χ2v) is 12.2. The Balaban J connectivity index is 1.78. The van der Waals surface area contributed by atoms with Crippen molar-refractivity contribution in [3.63, 3.8) is 0 Å². The molecule has 3 rings (SSSR count). The van der Waals surface area contributed by atoms with Crippen LogP contribution in [0.15, 0.2) is 53.4 Å². The summed E-state index contributed by atoms with van der Waals surface area (Å²) >= 11 is 1.24. The predicted molar refractivity (Wildman–Crippen MR) is 137 cm³/mol. The third kappa shape index (κ3) is 6.28. The van der Waals surface area contributed by atoms with Gasteiger partial charge in [-0.05, 0) is 36.0 Å². The normalized spacial score (nSPS) is 13.9. The number of nitrogens with zero attached hydrogens (tertiary/aromatic N) is 2. The number of benzene rings is 2. The van der Waals surface area contributed by atoms with Crippen LogP contribution in [-0.4, -0.2) is 30.6 Å². The molecule has 0 aliphatic carbocycles. The summed E-state index contributed by atoms with van der Waals surface area (Å²) in [5.41, 5.74) is 2.98. The van der Waals surface area contributed by atoms with Gasteiger partial charge in [0.1, 0.15) is 11.0 Å². The van der Waals surface area contributed by atoms with Crippen molar-refractivity contribution in [2.45, 2.75) is 64.3 Å². The van der Waals surface area contributed by atoms with Crippen molar-refractivity contribution in [1.29, 1.82) is 0 Å². The number of nitrogens with one attached hydrogen (secondary N) is 2. The van der Waals surface area contributed by atoms with Crippen molar-refractivity contribution >= 4 is 32.4 Å². The van der Waals surface area contributed by atoms with Gasteiger partial charge < -0.3 is 0 Å². The van der Waals surface area contributed by atoms with Crippen LogP contribution in [0.5, 0.6) is 0 Å². The Hall–Kier alpha value is -2.62. The van der Waals surface area contributed by atoms with Gasteiger partial charge in [0.25, 0.3) is 0 Å². The molecule has 34 heavy (non-hydrogen) atoms. The molecular weight excluding hydrogens is 468 g/mol. The van der Waals surface area contributed by atoms with Crippen molar-refractivity contribution in [3.05, 3.63) is 59.7 Å². The molecule has 182 valence electrons. The molecule has 0 saturated heterocycles. The number of amides is 1. The topological polar surface area (TPSA) is 101 Å². The van der Waals surface area contributed by atoms with E-state index in [1.807, 2.05) is 45.0 Å². The van der Waals surface area contributed by atoms with E-state index in [0.29, 0.717) is 16.6 Å². The number of aromatic nitrogens is 2. The number of sulfonamides is 1. The number of hydrogen-bond acceptors (Lipinski definition) is 6. The summed E-state index contributed by atoms with van der Waals surface area (Å²) in [5.74, 6) is -0.691. The van der Waals surface area contributed by atoms with Gasteiger partial charge in [-0.3, -0.25) is 10.1 Å². The van der Waals surface area contributed by atoms with Crippen LogP contribution in [0.4, 0.5) is 5.13 Å². The molecule has 0 fully saturated rings. The molecule has 0 saturated carbocycles. The Labute approximate surface area is 206 Å². The van der Waals surface area contributed by atoms with E-state index in [9.17, 15) is 13.2 Å². The zero-order chi connectivity index (χ0) is 25.1. The van der Waals surface area contributed by atoms with Crippen LogP contribution in [0, 0.1) is 12.8 Å². The molecule has 0 bridgehead atoms. The van der Waals surface area contributed by atoms with Crippen molar-refractivity contribution in [1.82, 2.24) is 14.9 Å². The van der Waals surface area contributed by atoms with E-state index in [-0.39, 0.29) is 16.2 Å². The van der Waals surface area contributed by atoms with Crippen molar-refractivity contribution in [2.24, 2.45) is 5.92 Å². The number of anilines is 1. The number of carbonyl (C=O) groups excluding carboxylic acids is 1. The maximum atomic E-state index is 13.1. The second-order valence-electron chi connectivity index (χ2n) is 9.53. The molecule has 0 radical (unpaired) electrons. The molecule has 2 N–H and O–H groups in total. The molecule has 0 unspecified atom stereocenters. The highest BCUT2D eigenvalue weighted by Crippen LogP contribution is 2.27. The second kappa shape index (κ2) is 10.3. The largest absolute Gasteiger partial charge is 0.299 e. The van der Waals surface area contributed by atoms with Crippen molar-refractivity contribution < 1.29 is 13.2 Å². The van der Waals surface area contributed by atoms with Gasteiger partial charge in [-0.1, -0.05) is 94.3 Å². The summed E-state index contributed by atoms with van der Waals surface area (Å²) in [5, 5.41) is 12.0. The molecule has 1 amide bonds. The zero-order valence-corrected chi connectivity index (χ0v) is 22.0. The monoisotopic (exact) mass is 500 g/mol.